The first-order chi connectivity index (χ1) is 10.7. The Morgan fingerprint density at radius 1 is 0.957 bits per heavy atom. The monoisotopic (exact) mass is 311 g/mol. The van der Waals surface area contributed by atoms with Crippen LogP contribution >= 0.6 is 0 Å². The third-order valence-corrected chi connectivity index (χ3v) is 4.88. The molecular formula is C18H22BNO3. The zero-order valence-corrected chi connectivity index (χ0v) is 14.3. The Labute approximate surface area is 137 Å². The van der Waals surface area contributed by atoms with Gasteiger partial charge in [0.1, 0.15) is 0 Å². The van der Waals surface area contributed by atoms with E-state index >= 15 is 0 Å². The molecule has 1 aliphatic heterocycles. The highest BCUT2D eigenvalue weighted by atomic mass is 16.7. The lowest BCUT2D eigenvalue weighted by Crippen LogP contribution is -2.41. The first-order valence-electron chi connectivity index (χ1n) is 7.85. The number of carbonyl (C=O) groups excluding carboxylic acids is 1. The smallest absolute Gasteiger partial charge is 0.399 e. The van der Waals surface area contributed by atoms with Crippen LogP contribution in [0.1, 0.15) is 38.1 Å². The summed E-state index contributed by atoms with van der Waals surface area (Å²) in [6, 6.07) is 11.7. The maximum absolute atomic E-state index is 11.7. The van der Waals surface area contributed by atoms with Crippen molar-refractivity contribution in [1.29, 1.82) is 0 Å². The molecule has 0 aromatic heterocycles. The molecule has 3 rings (SSSR count). The van der Waals surface area contributed by atoms with E-state index in [1.807, 2.05) is 58.0 Å². The zero-order chi connectivity index (χ0) is 16.8. The van der Waals surface area contributed by atoms with Gasteiger partial charge in [-0.15, -0.1) is 0 Å². The van der Waals surface area contributed by atoms with Crippen LogP contribution in [0.2, 0.25) is 0 Å². The van der Waals surface area contributed by atoms with E-state index in [-0.39, 0.29) is 24.2 Å². The second-order valence-corrected chi connectivity index (χ2v) is 6.99. The Morgan fingerprint density at radius 3 is 2.13 bits per heavy atom. The highest BCUT2D eigenvalue weighted by Gasteiger charge is 2.51. The molecule has 2 aromatic rings. The van der Waals surface area contributed by atoms with E-state index in [0.29, 0.717) is 5.56 Å². The van der Waals surface area contributed by atoms with Gasteiger partial charge in [0.15, 0.2) is 0 Å². The quantitative estimate of drug-likeness (QED) is 0.867. The highest BCUT2D eigenvalue weighted by Crippen LogP contribution is 2.36. The maximum Gasteiger partial charge on any atom is 0.494 e. The fraction of sp³-hybridized carbons (Fsp3) is 0.389. The zero-order valence-electron chi connectivity index (χ0n) is 14.3. The van der Waals surface area contributed by atoms with Gasteiger partial charge < -0.3 is 14.6 Å². The number of amides is 1. The fourth-order valence-electron chi connectivity index (χ4n) is 2.68. The Hall–Kier alpha value is -1.85. The van der Waals surface area contributed by atoms with Crippen molar-refractivity contribution in [2.75, 3.05) is 7.05 Å². The SMILES string of the molecule is CNC(=O)c1ccc2cc(B3OC(C)(C)C(C)(C)O3)ccc2c1. The Morgan fingerprint density at radius 2 is 1.52 bits per heavy atom. The summed E-state index contributed by atoms with van der Waals surface area (Å²) in [4.78, 5) is 11.7. The molecule has 1 N–H and O–H groups in total. The minimum atomic E-state index is -0.372. The second kappa shape index (κ2) is 5.36. The first-order valence-corrected chi connectivity index (χ1v) is 7.85. The van der Waals surface area contributed by atoms with Gasteiger partial charge in [0.25, 0.3) is 5.91 Å². The summed E-state index contributed by atoms with van der Waals surface area (Å²) in [6.07, 6.45) is 0. The molecule has 1 heterocycles. The molecule has 0 bridgehead atoms. The Bertz CT molecular complexity index is 754. The van der Waals surface area contributed by atoms with E-state index in [2.05, 4.69) is 11.4 Å². The van der Waals surface area contributed by atoms with Gasteiger partial charge >= 0.3 is 7.12 Å². The van der Waals surface area contributed by atoms with Gasteiger partial charge in [-0.05, 0) is 56.1 Å². The van der Waals surface area contributed by atoms with Crippen molar-refractivity contribution >= 4 is 29.3 Å². The number of hydrogen-bond acceptors (Lipinski definition) is 3. The van der Waals surface area contributed by atoms with Crippen LogP contribution in [0.15, 0.2) is 36.4 Å². The molecule has 0 radical (unpaired) electrons. The summed E-state index contributed by atoms with van der Waals surface area (Å²) in [5.74, 6) is -0.0815. The van der Waals surface area contributed by atoms with Crippen molar-refractivity contribution in [3.63, 3.8) is 0 Å². The van der Waals surface area contributed by atoms with Gasteiger partial charge in [0.2, 0.25) is 0 Å². The van der Waals surface area contributed by atoms with E-state index in [1.165, 1.54) is 0 Å². The lowest BCUT2D eigenvalue weighted by molar-refractivity contribution is 0.00578. The van der Waals surface area contributed by atoms with Gasteiger partial charge in [0.05, 0.1) is 11.2 Å². The van der Waals surface area contributed by atoms with Gasteiger partial charge in [-0.1, -0.05) is 24.3 Å². The summed E-state index contributed by atoms with van der Waals surface area (Å²) in [6.45, 7) is 8.18. The summed E-state index contributed by atoms with van der Waals surface area (Å²) < 4.78 is 12.2. The highest BCUT2D eigenvalue weighted by molar-refractivity contribution is 6.62. The molecule has 0 aliphatic carbocycles. The van der Waals surface area contributed by atoms with Gasteiger partial charge in [-0.25, -0.2) is 0 Å². The van der Waals surface area contributed by atoms with Gasteiger partial charge in [-0.2, -0.15) is 0 Å². The standard InChI is InChI=1S/C18H22BNO3/c1-17(2)18(3,4)23-19(22-17)15-9-8-12-10-14(16(21)20-5)7-6-13(12)11-15/h6-11H,1-5H3,(H,20,21). The molecule has 1 amide bonds. The normalized spacial score (nSPS) is 19.1. The molecule has 0 spiro atoms. The molecule has 1 saturated heterocycles. The molecule has 23 heavy (non-hydrogen) atoms. The number of fused-ring (bicyclic) bond motifs is 1. The molecule has 1 aliphatic rings. The van der Waals surface area contributed by atoms with E-state index < -0.39 is 0 Å². The van der Waals surface area contributed by atoms with Crippen LogP contribution in [-0.2, 0) is 9.31 Å². The number of hydrogen-bond donors (Lipinski definition) is 1. The Balaban J connectivity index is 1.94. The molecule has 0 atom stereocenters. The molecule has 4 nitrogen and oxygen atoms in total. The first kappa shape index (κ1) is 16.0. The summed E-state index contributed by atoms with van der Waals surface area (Å²) in [5, 5.41) is 4.72. The summed E-state index contributed by atoms with van der Waals surface area (Å²) in [5.41, 5.74) is 0.943. The van der Waals surface area contributed by atoms with Gasteiger partial charge in [-0.3, -0.25) is 4.79 Å². The van der Waals surface area contributed by atoms with Crippen LogP contribution in [0.25, 0.3) is 10.8 Å². The van der Waals surface area contributed by atoms with Crippen molar-refractivity contribution in [1.82, 2.24) is 5.32 Å². The lowest BCUT2D eigenvalue weighted by Gasteiger charge is -2.32. The number of rotatable bonds is 2. The molecule has 0 saturated carbocycles. The molecule has 120 valence electrons. The molecular weight excluding hydrogens is 289 g/mol. The van der Waals surface area contributed by atoms with Crippen molar-refractivity contribution in [3.05, 3.63) is 42.0 Å². The van der Waals surface area contributed by atoms with Gasteiger partial charge in [0, 0.05) is 12.6 Å². The third kappa shape index (κ3) is 2.75. The largest absolute Gasteiger partial charge is 0.494 e. The topological polar surface area (TPSA) is 47.6 Å². The number of carbonyl (C=O) groups is 1. The number of benzene rings is 2. The van der Waals surface area contributed by atoms with Crippen molar-refractivity contribution in [2.45, 2.75) is 38.9 Å². The molecule has 5 heteroatoms. The van der Waals surface area contributed by atoms with Crippen LogP contribution in [0.3, 0.4) is 0 Å². The van der Waals surface area contributed by atoms with Crippen LogP contribution in [0, 0.1) is 0 Å². The predicted octanol–water partition coefficient (Wildman–Crippen LogP) is 2.50. The molecule has 2 aromatic carbocycles. The fourth-order valence-corrected chi connectivity index (χ4v) is 2.68. The number of nitrogens with one attached hydrogen (secondary N) is 1. The Kier molecular flexibility index (Phi) is 3.73. The maximum atomic E-state index is 11.7. The summed E-state index contributed by atoms with van der Waals surface area (Å²) in [7, 11) is 1.26. The van der Waals surface area contributed by atoms with E-state index in [9.17, 15) is 4.79 Å². The van der Waals surface area contributed by atoms with Crippen molar-refractivity contribution < 1.29 is 14.1 Å². The average Bonchev–Trinajstić information content (AvgIpc) is 2.73. The average molecular weight is 311 g/mol. The second-order valence-electron chi connectivity index (χ2n) is 6.99. The predicted molar refractivity (Wildman–Crippen MR) is 93.1 cm³/mol. The van der Waals surface area contributed by atoms with Crippen LogP contribution in [-0.4, -0.2) is 31.3 Å². The van der Waals surface area contributed by atoms with E-state index in [1.54, 1.807) is 7.05 Å². The molecule has 0 unspecified atom stereocenters. The van der Waals surface area contributed by atoms with Crippen molar-refractivity contribution in [2.24, 2.45) is 0 Å². The lowest BCUT2D eigenvalue weighted by atomic mass is 9.78. The van der Waals surface area contributed by atoms with E-state index in [0.717, 1.165) is 16.2 Å². The van der Waals surface area contributed by atoms with E-state index in [4.69, 9.17) is 9.31 Å². The summed E-state index contributed by atoms with van der Waals surface area (Å²) >= 11 is 0. The van der Waals surface area contributed by atoms with Crippen LogP contribution in [0.4, 0.5) is 0 Å². The minimum Gasteiger partial charge on any atom is -0.399 e. The third-order valence-electron chi connectivity index (χ3n) is 4.88. The minimum absolute atomic E-state index is 0.0815. The van der Waals surface area contributed by atoms with Crippen LogP contribution in [0.5, 0.6) is 0 Å². The van der Waals surface area contributed by atoms with Crippen molar-refractivity contribution in [3.8, 4) is 0 Å². The van der Waals surface area contributed by atoms with Crippen LogP contribution < -0.4 is 10.8 Å². The molecule has 1 fully saturated rings.